The monoisotopic (exact) mass is 288 g/mol. The minimum atomic E-state index is -1.33. The average molecular weight is 289 g/mol. The highest BCUT2D eigenvalue weighted by atomic mass is 35.5. The standard InChI is InChI=1S/C10H8N2O4S.ClH/c1-3(13)7-6(11)4-2-5(10(15)16)8(14)12-9(4)17-7;/h2H,11H2,1H3,(H,12,14)(H,15,16);1H. The van der Waals surface area contributed by atoms with Crippen LogP contribution in [-0.2, 0) is 0 Å². The van der Waals surface area contributed by atoms with Crippen LogP contribution in [0.25, 0.3) is 10.2 Å². The van der Waals surface area contributed by atoms with Crippen LogP contribution < -0.4 is 11.3 Å². The zero-order valence-electron chi connectivity index (χ0n) is 9.14. The second-order valence-electron chi connectivity index (χ2n) is 3.46. The fourth-order valence-electron chi connectivity index (χ4n) is 1.49. The van der Waals surface area contributed by atoms with E-state index in [9.17, 15) is 14.4 Å². The van der Waals surface area contributed by atoms with Gasteiger partial charge in [-0.05, 0) is 6.07 Å². The first-order chi connectivity index (χ1) is 7.91. The van der Waals surface area contributed by atoms with E-state index in [1.807, 2.05) is 0 Å². The molecule has 0 bridgehead atoms. The molecule has 18 heavy (non-hydrogen) atoms. The van der Waals surface area contributed by atoms with E-state index >= 15 is 0 Å². The lowest BCUT2D eigenvalue weighted by molar-refractivity contribution is 0.0695. The Morgan fingerprint density at radius 2 is 2.06 bits per heavy atom. The number of hydrogen-bond donors (Lipinski definition) is 3. The van der Waals surface area contributed by atoms with Crippen molar-refractivity contribution in [2.45, 2.75) is 6.92 Å². The van der Waals surface area contributed by atoms with Crippen molar-refractivity contribution in [3.63, 3.8) is 0 Å². The second-order valence-corrected chi connectivity index (χ2v) is 4.48. The van der Waals surface area contributed by atoms with Crippen molar-refractivity contribution < 1.29 is 14.7 Å². The number of thiophene rings is 1. The van der Waals surface area contributed by atoms with E-state index in [1.165, 1.54) is 13.0 Å². The molecule has 2 heterocycles. The number of halogens is 1. The summed E-state index contributed by atoms with van der Waals surface area (Å²) >= 11 is 1.04. The van der Waals surface area contributed by atoms with Gasteiger partial charge in [0.15, 0.2) is 5.78 Å². The number of aromatic amines is 1. The molecule has 0 fully saturated rings. The lowest BCUT2D eigenvalue weighted by atomic mass is 10.2. The molecule has 2 aromatic rings. The quantitative estimate of drug-likeness (QED) is 0.725. The molecule has 0 spiro atoms. The third-order valence-corrected chi connectivity index (χ3v) is 3.53. The molecule has 0 aliphatic rings. The normalized spacial score (nSPS) is 10.1. The second kappa shape index (κ2) is 4.79. The highest BCUT2D eigenvalue weighted by molar-refractivity contribution is 7.21. The van der Waals surface area contributed by atoms with Gasteiger partial charge in [0, 0.05) is 12.3 Å². The first kappa shape index (κ1) is 14.2. The van der Waals surface area contributed by atoms with Gasteiger partial charge in [-0.25, -0.2) is 4.79 Å². The van der Waals surface area contributed by atoms with Gasteiger partial charge in [-0.15, -0.1) is 23.7 Å². The van der Waals surface area contributed by atoms with Gasteiger partial charge in [-0.1, -0.05) is 0 Å². The molecule has 0 radical (unpaired) electrons. The summed E-state index contributed by atoms with van der Waals surface area (Å²) in [5.74, 6) is -1.55. The van der Waals surface area contributed by atoms with Gasteiger partial charge in [0.25, 0.3) is 5.56 Å². The molecule has 2 rings (SSSR count). The van der Waals surface area contributed by atoms with Crippen molar-refractivity contribution >= 4 is 51.4 Å². The van der Waals surface area contributed by atoms with Crippen molar-refractivity contribution in [1.29, 1.82) is 0 Å². The van der Waals surface area contributed by atoms with Gasteiger partial charge in [-0.2, -0.15) is 0 Å². The van der Waals surface area contributed by atoms with Gasteiger partial charge in [-0.3, -0.25) is 9.59 Å². The van der Waals surface area contributed by atoms with E-state index in [1.54, 1.807) is 0 Å². The Balaban J connectivity index is 0.00000162. The summed E-state index contributed by atoms with van der Waals surface area (Å²) in [4.78, 5) is 36.6. The van der Waals surface area contributed by atoms with E-state index in [-0.39, 0.29) is 23.9 Å². The Morgan fingerprint density at radius 3 is 2.56 bits per heavy atom. The smallest absolute Gasteiger partial charge is 0.341 e. The third-order valence-electron chi connectivity index (χ3n) is 2.29. The minimum absolute atomic E-state index is 0. The van der Waals surface area contributed by atoms with Gasteiger partial charge >= 0.3 is 5.97 Å². The molecular formula is C10H9ClN2O4S. The molecule has 0 saturated heterocycles. The van der Waals surface area contributed by atoms with Crippen LogP contribution in [0.5, 0.6) is 0 Å². The maximum atomic E-state index is 11.4. The number of nitrogen functional groups attached to an aromatic ring is 1. The zero-order chi connectivity index (χ0) is 12.7. The predicted octanol–water partition coefficient (Wildman–Crippen LogP) is 1.49. The number of hydrogen-bond acceptors (Lipinski definition) is 5. The summed E-state index contributed by atoms with van der Waals surface area (Å²) in [7, 11) is 0. The number of fused-ring (bicyclic) bond motifs is 1. The van der Waals surface area contributed by atoms with Gasteiger partial charge in [0.05, 0.1) is 10.6 Å². The average Bonchev–Trinajstić information content (AvgIpc) is 2.54. The zero-order valence-corrected chi connectivity index (χ0v) is 10.8. The number of carboxylic acids is 1. The van der Waals surface area contributed by atoms with Crippen LogP contribution in [0, 0.1) is 0 Å². The summed E-state index contributed by atoms with van der Waals surface area (Å²) in [6.07, 6.45) is 0. The maximum Gasteiger partial charge on any atom is 0.341 e. The Kier molecular flexibility index (Phi) is 3.78. The number of ketones is 1. The van der Waals surface area contributed by atoms with Gasteiger partial charge < -0.3 is 15.8 Å². The third kappa shape index (κ3) is 2.09. The van der Waals surface area contributed by atoms with Crippen molar-refractivity contribution in [3.05, 3.63) is 26.9 Å². The number of rotatable bonds is 2. The molecule has 0 unspecified atom stereocenters. The number of aromatic nitrogens is 1. The van der Waals surface area contributed by atoms with Crippen molar-refractivity contribution in [3.8, 4) is 0 Å². The SMILES string of the molecule is CC(=O)c1sc2[nH]c(=O)c(C(=O)O)cc2c1N.Cl. The molecular weight excluding hydrogens is 280 g/mol. The van der Waals surface area contributed by atoms with Crippen molar-refractivity contribution in [2.24, 2.45) is 0 Å². The lowest BCUT2D eigenvalue weighted by Gasteiger charge is -1.95. The van der Waals surface area contributed by atoms with Crippen LogP contribution in [0.3, 0.4) is 0 Å². The van der Waals surface area contributed by atoms with E-state index in [4.69, 9.17) is 10.8 Å². The number of aromatic carboxylic acids is 1. The molecule has 0 amide bonds. The van der Waals surface area contributed by atoms with Crippen LogP contribution in [0.15, 0.2) is 10.9 Å². The molecule has 8 heteroatoms. The summed E-state index contributed by atoms with van der Waals surface area (Å²) in [5, 5.41) is 9.19. The number of H-pyrrole nitrogens is 1. The summed E-state index contributed by atoms with van der Waals surface area (Å²) in [6.45, 7) is 1.36. The molecule has 0 aromatic carbocycles. The number of Topliss-reactive ketones (excluding diaryl/α,β-unsaturated/α-hetero) is 1. The molecule has 0 saturated carbocycles. The van der Waals surface area contributed by atoms with Crippen molar-refractivity contribution in [1.82, 2.24) is 4.98 Å². The van der Waals surface area contributed by atoms with Gasteiger partial charge in [0.2, 0.25) is 0 Å². The van der Waals surface area contributed by atoms with Crippen LogP contribution in [-0.4, -0.2) is 21.8 Å². The van der Waals surface area contributed by atoms with Crippen LogP contribution in [0.2, 0.25) is 0 Å². The Hall–Kier alpha value is -1.86. The fourth-order valence-corrected chi connectivity index (χ4v) is 2.48. The summed E-state index contributed by atoms with van der Waals surface area (Å²) in [5.41, 5.74) is 4.84. The number of nitrogens with two attached hydrogens (primary N) is 1. The first-order valence-corrected chi connectivity index (χ1v) is 5.43. The Labute approximate surface area is 111 Å². The lowest BCUT2D eigenvalue weighted by Crippen LogP contribution is -2.16. The number of pyridine rings is 1. The van der Waals surface area contributed by atoms with E-state index in [0.29, 0.717) is 15.1 Å². The number of carbonyl (C=O) groups excluding carboxylic acids is 1. The van der Waals surface area contributed by atoms with Gasteiger partial charge in [0.1, 0.15) is 10.4 Å². The molecule has 0 atom stereocenters. The Bertz CT molecular complexity index is 704. The van der Waals surface area contributed by atoms with Crippen molar-refractivity contribution in [2.75, 3.05) is 5.73 Å². The molecule has 0 aliphatic heterocycles. The number of carboxylic acid groups (broad SMARTS) is 1. The number of anilines is 1. The molecule has 96 valence electrons. The van der Waals surface area contributed by atoms with E-state index in [2.05, 4.69) is 4.98 Å². The first-order valence-electron chi connectivity index (χ1n) is 4.61. The number of carbonyl (C=O) groups is 2. The topological polar surface area (TPSA) is 113 Å². The fraction of sp³-hybridized carbons (Fsp3) is 0.100. The summed E-state index contributed by atoms with van der Waals surface area (Å²) < 4.78 is 0. The molecule has 4 N–H and O–H groups in total. The largest absolute Gasteiger partial charge is 0.477 e. The minimum Gasteiger partial charge on any atom is -0.477 e. The Morgan fingerprint density at radius 1 is 1.44 bits per heavy atom. The predicted molar refractivity (Wildman–Crippen MR) is 71.1 cm³/mol. The number of nitrogens with one attached hydrogen (secondary N) is 1. The summed E-state index contributed by atoms with van der Waals surface area (Å²) in [6, 6.07) is 1.19. The highest BCUT2D eigenvalue weighted by Crippen LogP contribution is 2.32. The highest BCUT2D eigenvalue weighted by Gasteiger charge is 2.17. The van der Waals surface area contributed by atoms with E-state index in [0.717, 1.165) is 11.3 Å². The maximum absolute atomic E-state index is 11.4. The van der Waals surface area contributed by atoms with E-state index < -0.39 is 17.1 Å². The molecule has 0 aliphatic carbocycles. The van der Waals surface area contributed by atoms with Crippen LogP contribution in [0.4, 0.5) is 5.69 Å². The van der Waals surface area contributed by atoms with Crippen LogP contribution in [0.1, 0.15) is 27.0 Å². The van der Waals surface area contributed by atoms with Crippen LogP contribution >= 0.6 is 23.7 Å². The molecule has 2 aromatic heterocycles. The molecule has 6 nitrogen and oxygen atoms in total.